The fourth-order valence-electron chi connectivity index (χ4n) is 5.04. The highest BCUT2D eigenvalue weighted by Crippen LogP contribution is 2.39. The molecular formula is C20H42N2+2. The van der Waals surface area contributed by atoms with E-state index < -0.39 is 0 Å². The molecular weight excluding hydrogens is 268 g/mol. The van der Waals surface area contributed by atoms with Gasteiger partial charge in [0.25, 0.3) is 0 Å². The van der Waals surface area contributed by atoms with Crippen molar-refractivity contribution in [3.8, 4) is 0 Å². The van der Waals surface area contributed by atoms with E-state index in [-0.39, 0.29) is 0 Å². The summed E-state index contributed by atoms with van der Waals surface area (Å²) in [6.07, 6.45) is 11.9. The fourth-order valence-corrected chi connectivity index (χ4v) is 5.04. The van der Waals surface area contributed by atoms with E-state index in [0.717, 1.165) is 11.8 Å². The van der Waals surface area contributed by atoms with Gasteiger partial charge in [0.05, 0.1) is 53.4 Å². The van der Waals surface area contributed by atoms with Crippen LogP contribution in [0.5, 0.6) is 0 Å². The van der Waals surface area contributed by atoms with Crippen molar-refractivity contribution in [1.82, 2.24) is 0 Å². The van der Waals surface area contributed by atoms with Gasteiger partial charge in [-0.1, -0.05) is 12.8 Å². The van der Waals surface area contributed by atoms with E-state index in [4.69, 9.17) is 0 Å². The van der Waals surface area contributed by atoms with Crippen molar-refractivity contribution in [2.75, 3.05) is 53.4 Å². The lowest BCUT2D eigenvalue weighted by Gasteiger charge is -2.32. The van der Waals surface area contributed by atoms with Gasteiger partial charge in [0, 0.05) is 11.8 Å². The quantitative estimate of drug-likeness (QED) is 0.440. The molecule has 1 saturated carbocycles. The molecule has 0 radical (unpaired) electrons. The van der Waals surface area contributed by atoms with E-state index in [1.54, 1.807) is 0 Å². The zero-order chi connectivity index (χ0) is 16.1. The Morgan fingerprint density at radius 2 is 1.41 bits per heavy atom. The van der Waals surface area contributed by atoms with Crippen LogP contribution in [-0.2, 0) is 0 Å². The van der Waals surface area contributed by atoms with Gasteiger partial charge in [0.2, 0.25) is 0 Å². The fraction of sp³-hybridized carbons (Fsp3) is 1.00. The minimum absolute atomic E-state index is 1.07. The summed E-state index contributed by atoms with van der Waals surface area (Å²) in [5, 5.41) is 0. The van der Waals surface area contributed by atoms with Gasteiger partial charge in [-0.05, 0) is 52.4 Å². The Bertz CT molecular complexity index is 308. The molecule has 1 aliphatic heterocycles. The van der Waals surface area contributed by atoms with Gasteiger partial charge in [0.1, 0.15) is 0 Å². The van der Waals surface area contributed by atoms with Gasteiger partial charge in [-0.2, -0.15) is 0 Å². The molecule has 0 spiro atoms. The van der Waals surface area contributed by atoms with Crippen molar-refractivity contribution in [3.05, 3.63) is 0 Å². The third-order valence-electron chi connectivity index (χ3n) is 7.09. The summed E-state index contributed by atoms with van der Waals surface area (Å²) in [4.78, 5) is 0. The highest BCUT2D eigenvalue weighted by Gasteiger charge is 2.42. The molecule has 0 aromatic heterocycles. The zero-order valence-electron chi connectivity index (χ0n) is 15.9. The Morgan fingerprint density at radius 3 is 1.95 bits per heavy atom. The summed E-state index contributed by atoms with van der Waals surface area (Å²) in [6.45, 7) is 13.0. The number of fused-ring (bicyclic) bond motifs is 1. The number of hydrogen-bond donors (Lipinski definition) is 0. The topological polar surface area (TPSA) is 0 Å². The molecule has 0 bridgehead atoms. The van der Waals surface area contributed by atoms with Crippen LogP contribution >= 0.6 is 0 Å². The second kappa shape index (κ2) is 8.15. The molecule has 2 heteroatoms. The minimum Gasteiger partial charge on any atom is -0.327 e. The second-order valence-corrected chi connectivity index (χ2v) is 8.90. The maximum absolute atomic E-state index is 2.54. The summed E-state index contributed by atoms with van der Waals surface area (Å²) in [6, 6.07) is 0. The van der Waals surface area contributed by atoms with Crippen LogP contribution in [0.15, 0.2) is 0 Å². The molecule has 1 saturated heterocycles. The van der Waals surface area contributed by atoms with Crippen molar-refractivity contribution in [2.24, 2.45) is 11.8 Å². The van der Waals surface area contributed by atoms with Crippen LogP contribution in [0.2, 0.25) is 0 Å². The Kier molecular flexibility index (Phi) is 6.76. The normalized spacial score (nSPS) is 32.2. The lowest BCUT2D eigenvalue weighted by molar-refractivity contribution is -0.906. The molecule has 22 heavy (non-hydrogen) atoms. The maximum Gasteiger partial charge on any atom is 0.0818 e. The number of likely N-dealkylation sites (tertiary alicyclic amines) is 1. The van der Waals surface area contributed by atoms with Crippen LogP contribution in [-0.4, -0.2) is 62.3 Å². The van der Waals surface area contributed by atoms with E-state index in [2.05, 4.69) is 27.9 Å². The first kappa shape index (κ1) is 18.3. The molecule has 2 rings (SSSR count). The predicted octanol–water partition coefficient (Wildman–Crippen LogP) is 4.30. The van der Waals surface area contributed by atoms with Crippen molar-refractivity contribution in [2.45, 2.75) is 65.2 Å². The van der Waals surface area contributed by atoms with Gasteiger partial charge < -0.3 is 8.97 Å². The molecule has 0 aromatic carbocycles. The standard InChI is InChI=1S/C20H42N2/c1-5-21(3,6-2)15-11-7-8-12-16-22(4)17-19-13-9-10-14-20(19)18-22/h19-20H,5-18H2,1-4H3/q+2/t19-,20+,22?. The first-order valence-corrected chi connectivity index (χ1v) is 10.2. The Balaban J connectivity index is 1.59. The van der Waals surface area contributed by atoms with E-state index in [9.17, 15) is 0 Å². The molecule has 3 atom stereocenters. The molecule has 1 unspecified atom stereocenters. The Labute approximate surface area is 140 Å². The monoisotopic (exact) mass is 310 g/mol. The van der Waals surface area contributed by atoms with Gasteiger partial charge in [-0.25, -0.2) is 0 Å². The number of rotatable bonds is 9. The number of quaternary nitrogens is 2. The van der Waals surface area contributed by atoms with Gasteiger partial charge >= 0.3 is 0 Å². The second-order valence-electron chi connectivity index (χ2n) is 8.90. The van der Waals surface area contributed by atoms with Gasteiger partial charge in [0.15, 0.2) is 0 Å². The average Bonchev–Trinajstić information content (AvgIpc) is 2.86. The van der Waals surface area contributed by atoms with Gasteiger partial charge in [-0.15, -0.1) is 0 Å². The third kappa shape index (κ3) is 4.96. The first-order valence-electron chi connectivity index (χ1n) is 10.2. The van der Waals surface area contributed by atoms with Crippen molar-refractivity contribution >= 4 is 0 Å². The largest absolute Gasteiger partial charge is 0.327 e. The highest BCUT2D eigenvalue weighted by atomic mass is 15.4. The molecule has 0 aromatic rings. The van der Waals surface area contributed by atoms with Crippen LogP contribution in [0.3, 0.4) is 0 Å². The Morgan fingerprint density at radius 1 is 0.864 bits per heavy atom. The van der Waals surface area contributed by atoms with Crippen molar-refractivity contribution < 1.29 is 8.97 Å². The van der Waals surface area contributed by atoms with E-state index in [0.29, 0.717) is 0 Å². The maximum atomic E-state index is 2.54. The molecule has 0 amide bonds. The first-order chi connectivity index (χ1) is 10.5. The summed E-state index contributed by atoms with van der Waals surface area (Å²) in [5.41, 5.74) is 0. The van der Waals surface area contributed by atoms with E-state index >= 15 is 0 Å². The van der Waals surface area contributed by atoms with E-state index in [1.807, 2.05) is 0 Å². The summed E-state index contributed by atoms with van der Waals surface area (Å²) in [5.74, 6) is 2.15. The SMILES string of the molecule is CC[N+](C)(CC)CCCCCC[N+]1(C)C[C@H]2CCCC[C@H]2C1. The van der Waals surface area contributed by atoms with Crippen molar-refractivity contribution in [3.63, 3.8) is 0 Å². The van der Waals surface area contributed by atoms with Crippen molar-refractivity contribution in [1.29, 1.82) is 0 Å². The minimum atomic E-state index is 1.07. The third-order valence-corrected chi connectivity index (χ3v) is 7.09. The number of unbranched alkanes of at least 4 members (excludes halogenated alkanes) is 3. The molecule has 2 aliphatic rings. The predicted molar refractivity (Wildman–Crippen MR) is 96.8 cm³/mol. The molecule has 0 N–H and O–H groups in total. The van der Waals surface area contributed by atoms with Gasteiger partial charge in [-0.3, -0.25) is 0 Å². The molecule has 2 nitrogen and oxygen atoms in total. The molecule has 2 fully saturated rings. The van der Waals surface area contributed by atoms with Crippen LogP contribution < -0.4 is 0 Å². The lowest BCUT2D eigenvalue weighted by atomic mass is 9.82. The van der Waals surface area contributed by atoms with Crippen LogP contribution in [0.25, 0.3) is 0 Å². The summed E-state index contributed by atoms with van der Waals surface area (Å²) >= 11 is 0. The summed E-state index contributed by atoms with van der Waals surface area (Å²) < 4.78 is 2.66. The molecule has 1 aliphatic carbocycles. The molecule has 1 heterocycles. The smallest absolute Gasteiger partial charge is 0.0818 e. The summed E-state index contributed by atoms with van der Waals surface area (Å²) in [7, 11) is 4.96. The zero-order valence-corrected chi connectivity index (χ0v) is 15.9. The van der Waals surface area contributed by atoms with Crippen LogP contribution in [0.4, 0.5) is 0 Å². The Hall–Kier alpha value is -0.0800. The average molecular weight is 311 g/mol. The van der Waals surface area contributed by atoms with Crippen LogP contribution in [0, 0.1) is 11.8 Å². The lowest BCUT2D eigenvalue weighted by Crippen LogP contribution is -2.44. The number of nitrogens with zero attached hydrogens (tertiary/aromatic N) is 2. The number of hydrogen-bond acceptors (Lipinski definition) is 0. The highest BCUT2D eigenvalue weighted by molar-refractivity contribution is 4.80. The van der Waals surface area contributed by atoms with E-state index in [1.165, 1.54) is 99.6 Å². The molecule has 130 valence electrons. The van der Waals surface area contributed by atoms with Crippen LogP contribution in [0.1, 0.15) is 65.2 Å².